The Labute approximate surface area is 57.0 Å². The van der Waals surface area contributed by atoms with Crippen molar-refractivity contribution in [2.75, 3.05) is 6.61 Å². The molecule has 0 bridgehead atoms. The zero-order chi connectivity index (χ0) is 7.40. The van der Waals surface area contributed by atoms with Crippen LogP contribution in [0.5, 0.6) is 5.75 Å². The topological polar surface area (TPSA) is 59.7 Å². The Bertz CT molecular complexity index is 202. The fraction of sp³-hybridized carbons (Fsp3) is 0.167. The van der Waals surface area contributed by atoms with Crippen LogP contribution in [0.1, 0.15) is 0 Å². The van der Waals surface area contributed by atoms with Crippen LogP contribution in [-0.4, -0.2) is 17.7 Å². The Morgan fingerprint density at radius 2 is 2.60 bits per heavy atom. The summed E-state index contributed by atoms with van der Waals surface area (Å²) >= 11 is 0. The molecule has 1 aromatic rings. The summed E-state index contributed by atoms with van der Waals surface area (Å²) in [4.78, 5) is 10.4. The number of aliphatic hydroxyl groups is 1. The van der Waals surface area contributed by atoms with E-state index in [2.05, 4.69) is 9.15 Å². The first-order valence-electron chi connectivity index (χ1n) is 2.66. The van der Waals surface area contributed by atoms with Crippen molar-refractivity contribution >= 4 is 5.97 Å². The molecule has 0 saturated carbocycles. The largest absolute Gasteiger partial charge is 0.469 e. The second kappa shape index (κ2) is 3.03. The Morgan fingerprint density at radius 3 is 3.10 bits per heavy atom. The maximum absolute atomic E-state index is 10.4. The third-order valence-electron chi connectivity index (χ3n) is 0.856. The molecular formula is C6H6O4. The van der Waals surface area contributed by atoms with E-state index in [1.807, 2.05) is 0 Å². The molecule has 0 saturated heterocycles. The second-order valence-electron chi connectivity index (χ2n) is 1.59. The maximum atomic E-state index is 10.4. The number of rotatable bonds is 2. The third kappa shape index (κ3) is 1.60. The van der Waals surface area contributed by atoms with Crippen molar-refractivity contribution in [1.82, 2.24) is 0 Å². The molecule has 1 heterocycles. The summed E-state index contributed by atoms with van der Waals surface area (Å²) < 4.78 is 9.12. The van der Waals surface area contributed by atoms with Gasteiger partial charge in [0.25, 0.3) is 0 Å². The lowest BCUT2D eigenvalue weighted by Crippen LogP contribution is -2.11. The number of carbonyl (C=O) groups is 1. The number of ether oxygens (including phenoxy) is 1. The Balaban J connectivity index is 2.48. The summed E-state index contributed by atoms with van der Waals surface area (Å²) in [5.74, 6) is -0.388. The fourth-order valence-electron chi connectivity index (χ4n) is 0.474. The van der Waals surface area contributed by atoms with Gasteiger partial charge in [0.1, 0.15) is 12.9 Å². The minimum atomic E-state index is -0.693. The van der Waals surface area contributed by atoms with Gasteiger partial charge in [-0.25, -0.2) is 4.79 Å². The SMILES string of the molecule is O=C(CO)Oc1ccoc1. The molecule has 0 aromatic carbocycles. The summed E-state index contributed by atoms with van der Waals surface area (Å²) in [7, 11) is 0. The van der Waals surface area contributed by atoms with Gasteiger partial charge in [-0.05, 0) is 0 Å². The number of furan rings is 1. The molecule has 0 unspecified atom stereocenters. The zero-order valence-electron chi connectivity index (χ0n) is 5.11. The van der Waals surface area contributed by atoms with Gasteiger partial charge in [-0.1, -0.05) is 0 Å². The van der Waals surface area contributed by atoms with Gasteiger partial charge in [0.2, 0.25) is 0 Å². The third-order valence-corrected chi connectivity index (χ3v) is 0.856. The van der Waals surface area contributed by atoms with Gasteiger partial charge in [-0.3, -0.25) is 0 Å². The van der Waals surface area contributed by atoms with E-state index in [1.54, 1.807) is 0 Å². The van der Waals surface area contributed by atoms with Crippen molar-refractivity contribution in [1.29, 1.82) is 0 Å². The van der Waals surface area contributed by atoms with E-state index in [0.29, 0.717) is 5.75 Å². The van der Waals surface area contributed by atoms with Crippen LogP contribution in [-0.2, 0) is 4.79 Å². The average molecular weight is 142 g/mol. The van der Waals surface area contributed by atoms with Gasteiger partial charge < -0.3 is 14.3 Å². The first-order chi connectivity index (χ1) is 4.83. The van der Waals surface area contributed by atoms with Gasteiger partial charge in [0.05, 0.1) is 6.26 Å². The standard InChI is InChI=1S/C6H6O4/c7-3-6(8)10-5-1-2-9-4-5/h1-2,4,7H,3H2. The van der Waals surface area contributed by atoms with E-state index in [9.17, 15) is 4.79 Å². The van der Waals surface area contributed by atoms with Gasteiger partial charge in [0.15, 0.2) is 5.75 Å². The van der Waals surface area contributed by atoms with Crippen molar-refractivity contribution in [3.05, 3.63) is 18.6 Å². The second-order valence-corrected chi connectivity index (χ2v) is 1.59. The van der Waals surface area contributed by atoms with Crippen LogP contribution in [0.15, 0.2) is 23.0 Å². The predicted octanol–water partition coefficient (Wildman–Crippen LogP) is 0.177. The minimum Gasteiger partial charge on any atom is -0.469 e. The molecule has 4 heteroatoms. The van der Waals surface area contributed by atoms with Crippen LogP contribution in [0.25, 0.3) is 0 Å². The monoisotopic (exact) mass is 142 g/mol. The number of hydrogen-bond acceptors (Lipinski definition) is 4. The first kappa shape index (κ1) is 6.82. The Morgan fingerprint density at radius 1 is 1.80 bits per heavy atom. The lowest BCUT2D eigenvalue weighted by atomic mass is 10.6. The number of esters is 1. The number of hydrogen-bond donors (Lipinski definition) is 1. The lowest BCUT2D eigenvalue weighted by Gasteiger charge is -1.94. The molecule has 0 atom stereocenters. The molecule has 10 heavy (non-hydrogen) atoms. The average Bonchev–Trinajstić information content (AvgIpc) is 2.40. The molecular weight excluding hydrogens is 136 g/mol. The minimum absolute atomic E-state index is 0.305. The molecule has 0 aliphatic heterocycles. The van der Waals surface area contributed by atoms with Crippen molar-refractivity contribution in [3.63, 3.8) is 0 Å². The highest BCUT2D eigenvalue weighted by Crippen LogP contribution is 2.09. The highest BCUT2D eigenvalue weighted by molar-refractivity contribution is 5.73. The molecule has 4 nitrogen and oxygen atoms in total. The normalized spacial score (nSPS) is 9.30. The summed E-state index contributed by atoms with van der Waals surface area (Å²) in [5.41, 5.74) is 0. The van der Waals surface area contributed by atoms with Crippen molar-refractivity contribution in [3.8, 4) is 5.75 Å². The van der Waals surface area contributed by atoms with Crippen LogP contribution in [0.4, 0.5) is 0 Å². The summed E-state index contributed by atoms with van der Waals surface area (Å²) in [6, 6.07) is 1.48. The van der Waals surface area contributed by atoms with Crippen LogP contribution in [0.3, 0.4) is 0 Å². The molecule has 1 N–H and O–H groups in total. The molecule has 0 amide bonds. The Hall–Kier alpha value is -1.29. The molecule has 1 rings (SSSR count). The Kier molecular flexibility index (Phi) is 2.07. The van der Waals surface area contributed by atoms with Crippen molar-refractivity contribution in [2.45, 2.75) is 0 Å². The molecule has 0 fully saturated rings. The van der Waals surface area contributed by atoms with Crippen LogP contribution in [0, 0.1) is 0 Å². The van der Waals surface area contributed by atoms with Crippen LogP contribution < -0.4 is 4.74 Å². The summed E-state index contributed by atoms with van der Waals surface area (Å²) in [5, 5.41) is 8.23. The smallest absolute Gasteiger partial charge is 0.337 e. The van der Waals surface area contributed by atoms with E-state index in [1.165, 1.54) is 18.6 Å². The van der Waals surface area contributed by atoms with E-state index in [0.717, 1.165) is 0 Å². The number of carbonyl (C=O) groups excluding carboxylic acids is 1. The summed E-state index contributed by atoms with van der Waals surface area (Å²) in [6.07, 6.45) is 2.65. The van der Waals surface area contributed by atoms with Crippen LogP contribution in [0.2, 0.25) is 0 Å². The highest BCUT2D eigenvalue weighted by atomic mass is 16.6. The van der Waals surface area contributed by atoms with E-state index in [-0.39, 0.29) is 0 Å². The van der Waals surface area contributed by atoms with Crippen molar-refractivity contribution < 1.29 is 19.1 Å². The highest BCUT2D eigenvalue weighted by Gasteiger charge is 2.01. The van der Waals surface area contributed by atoms with Crippen molar-refractivity contribution in [2.24, 2.45) is 0 Å². The summed E-state index contributed by atoms with van der Waals surface area (Å²) in [6.45, 7) is -0.620. The molecule has 0 radical (unpaired) electrons. The van der Waals surface area contributed by atoms with E-state index < -0.39 is 12.6 Å². The lowest BCUT2D eigenvalue weighted by molar-refractivity contribution is -0.137. The molecule has 0 aliphatic carbocycles. The van der Waals surface area contributed by atoms with Gasteiger partial charge in [0, 0.05) is 6.07 Å². The van der Waals surface area contributed by atoms with Gasteiger partial charge in [-0.15, -0.1) is 0 Å². The molecule has 0 aliphatic rings. The predicted molar refractivity (Wildman–Crippen MR) is 31.4 cm³/mol. The molecule has 54 valence electrons. The molecule has 0 spiro atoms. The van der Waals surface area contributed by atoms with Gasteiger partial charge >= 0.3 is 5.97 Å². The van der Waals surface area contributed by atoms with Crippen LogP contribution >= 0.6 is 0 Å². The van der Waals surface area contributed by atoms with Gasteiger partial charge in [-0.2, -0.15) is 0 Å². The first-order valence-corrected chi connectivity index (χ1v) is 2.66. The maximum Gasteiger partial charge on any atom is 0.337 e. The zero-order valence-corrected chi connectivity index (χ0v) is 5.11. The quantitative estimate of drug-likeness (QED) is 0.598. The number of aliphatic hydroxyl groups excluding tert-OH is 1. The molecule has 1 aromatic heterocycles. The van der Waals surface area contributed by atoms with E-state index in [4.69, 9.17) is 5.11 Å². The van der Waals surface area contributed by atoms with E-state index >= 15 is 0 Å². The fourth-order valence-corrected chi connectivity index (χ4v) is 0.474.